The lowest BCUT2D eigenvalue weighted by molar-refractivity contribution is 0.359. The average molecular weight is 249 g/mol. The maximum absolute atomic E-state index is 6.04. The van der Waals surface area contributed by atoms with Crippen LogP contribution in [-0.4, -0.2) is 31.2 Å². The second kappa shape index (κ2) is 5.57. The van der Waals surface area contributed by atoms with Gasteiger partial charge in [-0.05, 0) is 38.7 Å². The monoisotopic (exact) mass is 249 g/mol. The Bertz CT molecular complexity index is 406. The Kier molecular flexibility index (Phi) is 4.07. The second-order valence-corrected chi connectivity index (χ2v) is 5.20. The molecular formula is C14H23N3O. The molecule has 2 N–H and O–H groups in total. The number of nitrogens with two attached hydrogens (primary N) is 1. The van der Waals surface area contributed by atoms with Gasteiger partial charge in [0, 0.05) is 24.8 Å². The Morgan fingerprint density at radius 2 is 2.33 bits per heavy atom. The zero-order valence-corrected chi connectivity index (χ0v) is 11.5. The van der Waals surface area contributed by atoms with Crippen LogP contribution in [0.2, 0.25) is 0 Å². The second-order valence-electron chi connectivity index (χ2n) is 5.20. The number of hydrogen-bond acceptors (Lipinski definition) is 4. The van der Waals surface area contributed by atoms with Gasteiger partial charge in [-0.2, -0.15) is 0 Å². The van der Waals surface area contributed by atoms with Gasteiger partial charge in [0.1, 0.15) is 0 Å². The molecule has 1 aliphatic rings. The number of piperidine rings is 1. The summed E-state index contributed by atoms with van der Waals surface area (Å²) >= 11 is 0. The van der Waals surface area contributed by atoms with Crippen LogP contribution in [0, 0.1) is 12.8 Å². The number of anilines is 1. The van der Waals surface area contributed by atoms with Crippen LogP contribution >= 0.6 is 0 Å². The molecular weight excluding hydrogens is 226 g/mol. The summed E-state index contributed by atoms with van der Waals surface area (Å²) in [4.78, 5) is 6.66. The van der Waals surface area contributed by atoms with E-state index in [-0.39, 0.29) is 6.04 Å². The summed E-state index contributed by atoms with van der Waals surface area (Å²) in [5.74, 6) is 1.42. The van der Waals surface area contributed by atoms with E-state index < -0.39 is 0 Å². The number of ether oxygens (including phenoxy) is 1. The molecule has 0 saturated carbocycles. The van der Waals surface area contributed by atoms with Crippen LogP contribution in [-0.2, 0) is 0 Å². The molecule has 0 aromatic carbocycles. The fourth-order valence-electron chi connectivity index (χ4n) is 2.60. The highest BCUT2D eigenvalue weighted by atomic mass is 16.5. The van der Waals surface area contributed by atoms with Crippen molar-refractivity contribution >= 4 is 5.69 Å². The van der Waals surface area contributed by atoms with Gasteiger partial charge in [-0.25, -0.2) is 0 Å². The van der Waals surface area contributed by atoms with Gasteiger partial charge in [0.05, 0.1) is 19.0 Å². The van der Waals surface area contributed by atoms with Gasteiger partial charge in [0.25, 0.3) is 0 Å². The number of methoxy groups -OCH3 is 1. The molecule has 4 heteroatoms. The van der Waals surface area contributed by atoms with Gasteiger partial charge in [-0.3, -0.25) is 4.98 Å². The van der Waals surface area contributed by atoms with E-state index >= 15 is 0 Å². The minimum atomic E-state index is 0.252. The maximum atomic E-state index is 6.04. The Morgan fingerprint density at radius 3 is 3.00 bits per heavy atom. The van der Waals surface area contributed by atoms with Crippen molar-refractivity contribution in [3.8, 4) is 5.75 Å². The van der Waals surface area contributed by atoms with Crippen molar-refractivity contribution in [1.82, 2.24) is 4.98 Å². The number of pyridine rings is 1. The quantitative estimate of drug-likeness (QED) is 0.889. The third-order valence-corrected chi connectivity index (χ3v) is 3.75. The van der Waals surface area contributed by atoms with Crippen LogP contribution < -0.4 is 15.4 Å². The molecule has 4 nitrogen and oxygen atoms in total. The Labute approximate surface area is 109 Å². The smallest absolute Gasteiger partial charge is 0.160 e. The molecule has 1 fully saturated rings. The zero-order chi connectivity index (χ0) is 13.1. The molecule has 0 radical (unpaired) electrons. The molecule has 1 aromatic rings. The standard InChI is InChI=1S/C14H23N3O/c1-10-7-13(14(18-3)8-16-10)17-6-4-5-12(9-17)11(2)15/h7-8,11-12H,4-6,9,15H2,1-3H3. The molecule has 0 spiro atoms. The van der Waals surface area contributed by atoms with E-state index in [1.807, 2.05) is 6.92 Å². The summed E-state index contributed by atoms with van der Waals surface area (Å²) in [5, 5.41) is 0. The molecule has 18 heavy (non-hydrogen) atoms. The summed E-state index contributed by atoms with van der Waals surface area (Å²) in [6.45, 7) is 6.19. The summed E-state index contributed by atoms with van der Waals surface area (Å²) in [6.07, 6.45) is 4.22. The van der Waals surface area contributed by atoms with Crippen LogP contribution in [0.15, 0.2) is 12.3 Å². The van der Waals surface area contributed by atoms with Crippen LogP contribution in [0.4, 0.5) is 5.69 Å². The van der Waals surface area contributed by atoms with Crippen molar-refractivity contribution in [3.63, 3.8) is 0 Å². The highest BCUT2D eigenvalue weighted by Crippen LogP contribution is 2.32. The number of rotatable bonds is 3. The van der Waals surface area contributed by atoms with Crippen LogP contribution in [0.5, 0.6) is 5.75 Å². The first-order chi connectivity index (χ1) is 8.61. The molecule has 0 bridgehead atoms. The number of hydrogen-bond donors (Lipinski definition) is 1. The summed E-state index contributed by atoms with van der Waals surface area (Å²) < 4.78 is 5.41. The fourth-order valence-corrected chi connectivity index (χ4v) is 2.60. The lowest BCUT2D eigenvalue weighted by atomic mass is 9.92. The predicted molar refractivity (Wildman–Crippen MR) is 74.1 cm³/mol. The molecule has 0 aliphatic carbocycles. The highest BCUT2D eigenvalue weighted by Gasteiger charge is 2.24. The summed E-state index contributed by atoms with van der Waals surface area (Å²) in [7, 11) is 1.70. The zero-order valence-electron chi connectivity index (χ0n) is 11.5. The van der Waals surface area contributed by atoms with E-state index in [0.29, 0.717) is 5.92 Å². The Hall–Kier alpha value is -1.29. The van der Waals surface area contributed by atoms with E-state index in [9.17, 15) is 0 Å². The van der Waals surface area contributed by atoms with Crippen molar-refractivity contribution in [3.05, 3.63) is 18.0 Å². The van der Waals surface area contributed by atoms with Gasteiger partial charge in [0.2, 0.25) is 0 Å². The average Bonchev–Trinajstić information content (AvgIpc) is 2.39. The first kappa shape index (κ1) is 13.1. The molecule has 1 saturated heterocycles. The van der Waals surface area contributed by atoms with Crippen molar-refractivity contribution in [1.29, 1.82) is 0 Å². The number of aryl methyl sites for hydroxylation is 1. The molecule has 2 unspecified atom stereocenters. The lowest BCUT2D eigenvalue weighted by Crippen LogP contribution is -2.42. The summed E-state index contributed by atoms with van der Waals surface area (Å²) in [6, 6.07) is 2.35. The van der Waals surface area contributed by atoms with Gasteiger partial charge < -0.3 is 15.4 Å². The van der Waals surface area contributed by atoms with E-state index in [2.05, 4.69) is 22.9 Å². The van der Waals surface area contributed by atoms with Crippen molar-refractivity contribution < 1.29 is 4.74 Å². The third kappa shape index (κ3) is 2.75. The number of nitrogens with zero attached hydrogens (tertiary/aromatic N) is 2. The van der Waals surface area contributed by atoms with Crippen molar-refractivity contribution in [2.24, 2.45) is 11.7 Å². The normalized spacial score (nSPS) is 21.8. The molecule has 0 amide bonds. The van der Waals surface area contributed by atoms with Crippen LogP contribution in [0.1, 0.15) is 25.5 Å². The van der Waals surface area contributed by atoms with Crippen LogP contribution in [0.25, 0.3) is 0 Å². The first-order valence-electron chi connectivity index (χ1n) is 6.63. The third-order valence-electron chi connectivity index (χ3n) is 3.75. The maximum Gasteiger partial charge on any atom is 0.160 e. The van der Waals surface area contributed by atoms with Crippen molar-refractivity contribution in [2.45, 2.75) is 32.7 Å². The molecule has 2 rings (SSSR count). The molecule has 100 valence electrons. The number of aromatic nitrogens is 1. The van der Waals surface area contributed by atoms with Gasteiger partial charge in [-0.15, -0.1) is 0 Å². The van der Waals surface area contributed by atoms with Crippen molar-refractivity contribution in [2.75, 3.05) is 25.1 Å². The largest absolute Gasteiger partial charge is 0.493 e. The van der Waals surface area contributed by atoms with Gasteiger partial charge in [-0.1, -0.05) is 0 Å². The topological polar surface area (TPSA) is 51.4 Å². The van der Waals surface area contributed by atoms with Crippen LogP contribution in [0.3, 0.4) is 0 Å². The van der Waals surface area contributed by atoms with Gasteiger partial charge >= 0.3 is 0 Å². The fraction of sp³-hybridized carbons (Fsp3) is 0.643. The molecule has 2 atom stereocenters. The SMILES string of the molecule is COc1cnc(C)cc1N1CCCC(C(C)N)C1. The minimum absolute atomic E-state index is 0.252. The van der Waals surface area contributed by atoms with Gasteiger partial charge in [0.15, 0.2) is 5.75 Å². The molecule has 1 aromatic heterocycles. The van der Waals surface area contributed by atoms with E-state index in [4.69, 9.17) is 10.5 Å². The lowest BCUT2D eigenvalue weighted by Gasteiger charge is -2.36. The van der Waals surface area contributed by atoms with E-state index in [0.717, 1.165) is 30.2 Å². The summed E-state index contributed by atoms with van der Waals surface area (Å²) in [5.41, 5.74) is 8.21. The Morgan fingerprint density at radius 1 is 1.56 bits per heavy atom. The predicted octanol–water partition coefficient (Wildman–Crippen LogP) is 1.96. The molecule has 2 heterocycles. The first-order valence-corrected chi connectivity index (χ1v) is 6.63. The minimum Gasteiger partial charge on any atom is -0.493 e. The Balaban J connectivity index is 2.22. The molecule has 1 aliphatic heterocycles. The van der Waals surface area contributed by atoms with E-state index in [1.165, 1.54) is 12.8 Å². The van der Waals surface area contributed by atoms with E-state index in [1.54, 1.807) is 13.3 Å². The highest BCUT2D eigenvalue weighted by molar-refractivity contribution is 5.58.